The molecule has 1 fully saturated rings. The first kappa shape index (κ1) is 13.0. The lowest BCUT2D eigenvalue weighted by Gasteiger charge is -2.28. The molecular weight excluding hydrogens is 303 g/mol. The zero-order valence-corrected chi connectivity index (χ0v) is 11.5. The molecule has 1 aromatic carbocycles. The highest BCUT2D eigenvalue weighted by atomic mass is 79.9. The third-order valence-electron chi connectivity index (χ3n) is 3.06. The molecule has 1 aliphatic rings. The molecule has 0 bridgehead atoms. The maximum Gasteiger partial charge on any atom is 0.325 e. The summed E-state index contributed by atoms with van der Waals surface area (Å²) in [5.41, 5.74) is -0.309. The van der Waals surface area contributed by atoms with Crippen molar-refractivity contribution in [2.24, 2.45) is 0 Å². The van der Waals surface area contributed by atoms with Crippen LogP contribution < -0.4 is 5.32 Å². The van der Waals surface area contributed by atoms with Crippen molar-refractivity contribution in [2.45, 2.75) is 25.9 Å². The number of halogens is 2. The Labute approximate surface area is 112 Å². The Morgan fingerprint density at radius 3 is 2.61 bits per heavy atom. The van der Waals surface area contributed by atoms with Crippen LogP contribution in [0, 0.1) is 5.82 Å². The smallest absolute Gasteiger partial charge is 0.306 e. The summed E-state index contributed by atoms with van der Waals surface area (Å²) in [6.45, 7) is 3.48. The molecule has 0 unspecified atom stereocenters. The molecule has 0 saturated carbocycles. The van der Waals surface area contributed by atoms with Crippen LogP contribution in [0.25, 0.3) is 0 Å². The Bertz CT molecular complexity index is 531. The Balaban J connectivity index is 2.32. The lowest BCUT2D eigenvalue weighted by Crippen LogP contribution is -2.43. The minimum Gasteiger partial charge on any atom is -0.306 e. The summed E-state index contributed by atoms with van der Waals surface area (Å²) in [5, 5.41) is 2.25. The Morgan fingerprint density at radius 1 is 1.39 bits per heavy atom. The van der Waals surface area contributed by atoms with Crippen molar-refractivity contribution in [2.75, 3.05) is 0 Å². The molecular formula is C12H12BrFN2O2. The standard InChI is InChI=1S/C12H12BrFN2O2/c1-12(2)10(17)15-11(18)16(12)6-7-4-3-5-8(14)9(7)13/h3-5H,6H2,1-2H3,(H,15,17,18). The van der Waals surface area contributed by atoms with E-state index in [4.69, 9.17) is 0 Å². The molecule has 1 saturated heterocycles. The molecule has 0 aliphatic carbocycles. The summed E-state index contributed by atoms with van der Waals surface area (Å²) in [6, 6.07) is 4.15. The van der Waals surface area contributed by atoms with Crippen LogP contribution in [0.15, 0.2) is 22.7 Å². The van der Waals surface area contributed by atoms with E-state index >= 15 is 0 Å². The first-order chi connectivity index (χ1) is 8.34. The summed E-state index contributed by atoms with van der Waals surface area (Å²) in [7, 11) is 0. The number of imide groups is 1. The second kappa shape index (κ2) is 4.35. The maximum atomic E-state index is 13.4. The number of rotatable bonds is 2. The highest BCUT2D eigenvalue weighted by Crippen LogP contribution is 2.27. The van der Waals surface area contributed by atoms with E-state index in [1.807, 2.05) is 0 Å². The minimum absolute atomic E-state index is 0.170. The van der Waals surface area contributed by atoms with Crippen LogP contribution in [0.1, 0.15) is 19.4 Å². The highest BCUT2D eigenvalue weighted by molar-refractivity contribution is 9.10. The van der Waals surface area contributed by atoms with Gasteiger partial charge in [-0.2, -0.15) is 0 Å². The van der Waals surface area contributed by atoms with Crippen LogP contribution in [-0.4, -0.2) is 22.4 Å². The summed E-state index contributed by atoms with van der Waals surface area (Å²) >= 11 is 3.14. The van der Waals surface area contributed by atoms with Crippen molar-refractivity contribution >= 4 is 27.9 Å². The molecule has 6 heteroatoms. The van der Waals surface area contributed by atoms with E-state index < -0.39 is 17.4 Å². The van der Waals surface area contributed by atoms with Gasteiger partial charge >= 0.3 is 6.03 Å². The van der Waals surface area contributed by atoms with Gasteiger partial charge in [-0.3, -0.25) is 10.1 Å². The molecule has 1 heterocycles. The van der Waals surface area contributed by atoms with Gasteiger partial charge < -0.3 is 4.90 Å². The van der Waals surface area contributed by atoms with Crippen LogP contribution in [0.5, 0.6) is 0 Å². The van der Waals surface area contributed by atoms with Gasteiger partial charge in [0.2, 0.25) is 0 Å². The van der Waals surface area contributed by atoms with Gasteiger partial charge in [-0.25, -0.2) is 9.18 Å². The molecule has 0 aromatic heterocycles. The third kappa shape index (κ3) is 2.01. The van der Waals surface area contributed by atoms with Gasteiger partial charge in [0.1, 0.15) is 11.4 Å². The fourth-order valence-corrected chi connectivity index (χ4v) is 2.19. The molecule has 0 spiro atoms. The van der Waals surface area contributed by atoms with Crippen LogP contribution in [-0.2, 0) is 11.3 Å². The first-order valence-corrected chi connectivity index (χ1v) is 6.19. The SMILES string of the molecule is CC1(C)C(=O)NC(=O)N1Cc1cccc(F)c1Br. The van der Waals surface area contributed by atoms with Crippen molar-refractivity contribution in [1.29, 1.82) is 0 Å². The highest BCUT2D eigenvalue weighted by Gasteiger charge is 2.45. The summed E-state index contributed by atoms with van der Waals surface area (Å²) in [6.07, 6.45) is 0. The number of nitrogens with zero attached hydrogens (tertiary/aromatic N) is 1. The largest absolute Gasteiger partial charge is 0.325 e. The average Bonchev–Trinajstić information content (AvgIpc) is 2.47. The number of urea groups is 1. The molecule has 3 amide bonds. The normalized spacial score (nSPS) is 18.1. The van der Waals surface area contributed by atoms with Gasteiger partial charge in [-0.15, -0.1) is 0 Å². The van der Waals surface area contributed by atoms with E-state index in [1.54, 1.807) is 26.0 Å². The van der Waals surface area contributed by atoms with Gasteiger partial charge in [-0.1, -0.05) is 12.1 Å². The third-order valence-corrected chi connectivity index (χ3v) is 3.94. The second-order valence-electron chi connectivity index (χ2n) is 4.62. The summed E-state index contributed by atoms with van der Waals surface area (Å²) < 4.78 is 13.7. The van der Waals surface area contributed by atoms with E-state index in [9.17, 15) is 14.0 Å². The van der Waals surface area contributed by atoms with Crippen LogP contribution in [0.4, 0.5) is 9.18 Å². The molecule has 1 aliphatic heterocycles. The Hall–Kier alpha value is -1.43. The van der Waals surface area contributed by atoms with Crippen molar-refractivity contribution in [3.8, 4) is 0 Å². The van der Waals surface area contributed by atoms with E-state index in [0.717, 1.165) is 0 Å². The van der Waals surface area contributed by atoms with Gasteiger partial charge in [0.15, 0.2) is 0 Å². The van der Waals surface area contributed by atoms with E-state index in [0.29, 0.717) is 10.0 Å². The van der Waals surface area contributed by atoms with Crippen molar-refractivity contribution in [1.82, 2.24) is 10.2 Å². The Kier molecular flexibility index (Phi) is 3.14. The number of nitrogens with one attached hydrogen (secondary N) is 1. The predicted octanol–water partition coefficient (Wildman–Crippen LogP) is 2.42. The number of hydrogen-bond acceptors (Lipinski definition) is 2. The van der Waals surface area contributed by atoms with Gasteiger partial charge in [-0.05, 0) is 41.4 Å². The van der Waals surface area contributed by atoms with E-state index in [2.05, 4.69) is 21.2 Å². The maximum absolute atomic E-state index is 13.4. The Morgan fingerprint density at radius 2 is 2.06 bits per heavy atom. The zero-order valence-electron chi connectivity index (χ0n) is 9.96. The summed E-state index contributed by atoms with van der Waals surface area (Å²) in [5.74, 6) is -0.740. The predicted molar refractivity (Wildman–Crippen MR) is 67.3 cm³/mol. The second-order valence-corrected chi connectivity index (χ2v) is 5.41. The first-order valence-electron chi connectivity index (χ1n) is 5.40. The van der Waals surface area contributed by atoms with Gasteiger partial charge in [0, 0.05) is 6.54 Å². The van der Waals surface area contributed by atoms with Crippen LogP contribution in [0.3, 0.4) is 0 Å². The molecule has 1 aromatic rings. The number of carbonyl (C=O) groups excluding carboxylic acids is 2. The lowest BCUT2D eigenvalue weighted by molar-refractivity contribution is -0.125. The number of carbonyl (C=O) groups is 2. The molecule has 18 heavy (non-hydrogen) atoms. The van der Waals surface area contributed by atoms with Gasteiger partial charge in [0.25, 0.3) is 5.91 Å². The molecule has 0 atom stereocenters. The van der Waals surface area contributed by atoms with Gasteiger partial charge in [0.05, 0.1) is 4.47 Å². The van der Waals surface area contributed by atoms with Crippen molar-refractivity contribution in [3.63, 3.8) is 0 Å². The summed E-state index contributed by atoms with van der Waals surface area (Å²) in [4.78, 5) is 24.7. The lowest BCUT2D eigenvalue weighted by atomic mass is 10.0. The molecule has 4 nitrogen and oxygen atoms in total. The van der Waals surface area contributed by atoms with Crippen LogP contribution in [0.2, 0.25) is 0 Å². The topological polar surface area (TPSA) is 49.4 Å². The molecule has 0 radical (unpaired) electrons. The number of amides is 3. The number of hydrogen-bond donors (Lipinski definition) is 1. The zero-order chi connectivity index (χ0) is 13.5. The fourth-order valence-electron chi connectivity index (χ4n) is 1.80. The average molecular weight is 315 g/mol. The van der Waals surface area contributed by atoms with Crippen LogP contribution >= 0.6 is 15.9 Å². The van der Waals surface area contributed by atoms with E-state index in [1.165, 1.54) is 11.0 Å². The molecule has 1 N–H and O–H groups in total. The van der Waals surface area contributed by atoms with Crippen molar-refractivity contribution in [3.05, 3.63) is 34.1 Å². The number of benzene rings is 1. The quantitative estimate of drug-likeness (QED) is 0.852. The monoisotopic (exact) mass is 314 g/mol. The fraction of sp³-hybridized carbons (Fsp3) is 0.333. The molecule has 2 rings (SSSR count). The van der Waals surface area contributed by atoms with Crippen molar-refractivity contribution < 1.29 is 14.0 Å². The minimum atomic E-state index is -0.928. The molecule has 96 valence electrons. The van der Waals surface area contributed by atoms with E-state index in [-0.39, 0.29) is 12.5 Å².